The molecule has 33 heavy (non-hydrogen) atoms. The van der Waals surface area contributed by atoms with E-state index in [-0.39, 0.29) is 0 Å². The molecule has 0 spiro atoms. The molecule has 1 saturated heterocycles. The van der Waals surface area contributed by atoms with Crippen molar-refractivity contribution in [3.05, 3.63) is 73.5 Å². The highest BCUT2D eigenvalue weighted by molar-refractivity contribution is 5.88. The largest absolute Gasteiger partial charge is 0.373 e. The van der Waals surface area contributed by atoms with Crippen LogP contribution >= 0.6 is 0 Å². The van der Waals surface area contributed by atoms with Crippen molar-refractivity contribution in [1.29, 1.82) is 0 Å². The van der Waals surface area contributed by atoms with Crippen molar-refractivity contribution in [2.24, 2.45) is 7.05 Å². The lowest BCUT2D eigenvalue weighted by molar-refractivity contribution is 0.246. The number of rotatable bonds is 5. The van der Waals surface area contributed by atoms with E-state index in [1.54, 1.807) is 0 Å². The summed E-state index contributed by atoms with van der Waals surface area (Å²) in [5.74, 6) is 1.94. The fraction of sp³-hybridized carbons (Fsp3) is 0.269. The van der Waals surface area contributed by atoms with E-state index in [0.29, 0.717) is 6.04 Å². The second-order valence-electron chi connectivity index (χ2n) is 8.45. The van der Waals surface area contributed by atoms with E-state index in [2.05, 4.69) is 81.1 Å². The summed E-state index contributed by atoms with van der Waals surface area (Å²) >= 11 is 0. The van der Waals surface area contributed by atoms with Gasteiger partial charge in [-0.3, -0.25) is 0 Å². The smallest absolute Gasteiger partial charge is 0.129 e. The average Bonchev–Trinajstić information content (AvgIpc) is 3.23. The Balaban J connectivity index is 0.000000160. The van der Waals surface area contributed by atoms with Crippen LogP contribution in [-0.4, -0.2) is 64.7 Å². The fourth-order valence-corrected chi connectivity index (χ4v) is 3.78. The minimum absolute atomic E-state index is 0.666. The lowest BCUT2D eigenvalue weighted by Gasteiger charge is -2.43. The Labute approximate surface area is 195 Å². The number of nitrogens with zero attached hydrogens (tertiary/aromatic N) is 6. The second-order valence-corrected chi connectivity index (χ2v) is 8.45. The SMILES string of the molecule is C=Cc1ccnc(N2CC(N(C)C)C2)c1.CNc1cc2cc(-c3cncn3C)ccc2cn1. The predicted molar refractivity (Wildman–Crippen MR) is 138 cm³/mol. The zero-order valence-electron chi connectivity index (χ0n) is 19.7. The first kappa shape index (κ1) is 22.5. The van der Waals surface area contributed by atoms with Gasteiger partial charge in [-0.25, -0.2) is 15.0 Å². The number of benzene rings is 1. The third-order valence-corrected chi connectivity index (χ3v) is 6.01. The first-order valence-electron chi connectivity index (χ1n) is 11.0. The second kappa shape index (κ2) is 9.83. The Hall–Kier alpha value is -3.71. The first-order valence-corrected chi connectivity index (χ1v) is 11.0. The Bertz CT molecular complexity index is 1240. The Morgan fingerprint density at radius 3 is 2.55 bits per heavy atom. The van der Waals surface area contributed by atoms with E-state index in [9.17, 15) is 0 Å². The third-order valence-electron chi connectivity index (χ3n) is 6.01. The molecule has 0 amide bonds. The molecule has 0 unspecified atom stereocenters. The van der Waals surface area contributed by atoms with Crippen molar-refractivity contribution in [2.45, 2.75) is 6.04 Å². The number of pyridine rings is 2. The van der Waals surface area contributed by atoms with E-state index in [1.165, 1.54) is 5.39 Å². The van der Waals surface area contributed by atoms with E-state index < -0.39 is 0 Å². The zero-order chi connectivity index (χ0) is 23.4. The van der Waals surface area contributed by atoms with Crippen LogP contribution in [0.2, 0.25) is 0 Å². The Morgan fingerprint density at radius 2 is 1.88 bits per heavy atom. The van der Waals surface area contributed by atoms with Gasteiger partial charge in [0.05, 0.1) is 18.2 Å². The maximum absolute atomic E-state index is 4.36. The monoisotopic (exact) mass is 441 g/mol. The van der Waals surface area contributed by atoms with Crippen LogP contribution in [0.4, 0.5) is 11.6 Å². The van der Waals surface area contributed by atoms with Crippen molar-refractivity contribution in [1.82, 2.24) is 24.4 Å². The van der Waals surface area contributed by atoms with Crippen LogP contribution in [0.5, 0.6) is 0 Å². The molecule has 1 N–H and O–H groups in total. The number of anilines is 2. The molecule has 0 bridgehead atoms. The van der Waals surface area contributed by atoms with Gasteiger partial charge in [0, 0.05) is 56.6 Å². The topological polar surface area (TPSA) is 62.1 Å². The van der Waals surface area contributed by atoms with Crippen molar-refractivity contribution in [2.75, 3.05) is 44.4 Å². The summed E-state index contributed by atoms with van der Waals surface area (Å²) in [4.78, 5) is 17.4. The summed E-state index contributed by atoms with van der Waals surface area (Å²) in [5, 5.41) is 5.37. The van der Waals surface area contributed by atoms with Crippen LogP contribution in [0, 0.1) is 0 Å². The van der Waals surface area contributed by atoms with Crippen molar-refractivity contribution in [3.8, 4) is 11.3 Å². The van der Waals surface area contributed by atoms with Crippen LogP contribution in [0.25, 0.3) is 28.1 Å². The van der Waals surface area contributed by atoms with Gasteiger partial charge in [0.1, 0.15) is 11.6 Å². The lowest BCUT2D eigenvalue weighted by atomic mass is 10.1. The summed E-state index contributed by atoms with van der Waals surface area (Å²) in [5.41, 5.74) is 3.41. The molecular formula is C26H31N7. The third kappa shape index (κ3) is 5.04. The number of aryl methyl sites for hydroxylation is 1. The van der Waals surface area contributed by atoms with Crippen LogP contribution in [0.15, 0.2) is 67.9 Å². The number of hydrogen-bond acceptors (Lipinski definition) is 6. The summed E-state index contributed by atoms with van der Waals surface area (Å²) in [7, 11) is 8.11. The first-order chi connectivity index (χ1) is 16.0. The highest BCUT2D eigenvalue weighted by Gasteiger charge is 2.28. The molecule has 170 valence electrons. The zero-order valence-corrected chi connectivity index (χ0v) is 19.7. The molecule has 4 heterocycles. The molecule has 0 aliphatic carbocycles. The molecule has 3 aromatic heterocycles. The molecule has 1 aliphatic heterocycles. The molecule has 7 heteroatoms. The van der Waals surface area contributed by atoms with Gasteiger partial charge in [-0.15, -0.1) is 0 Å². The van der Waals surface area contributed by atoms with E-state index in [0.717, 1.165) is 46.9 Å². The number of aromatic nitrogens is 4. The predicted octanol–water partition coefficient (Wildman–Crippen LogP) is 4.15. The lowest BCUT2D eigenvalue weighted by Crippen LogP contribution is -2.57. The highest BCUT2D eigenvalue weighted by Crippen LogP contribution is 2.25. The van der Waals surface area contributed by atoms with E-state index >= 15 is 0 Å². The molecule has 1 aliphatic rings. The summed E-state index contributed by atoms with van der Waals surface area (Å²) < 4.78 is 2.02. The van der Waals surface area contributed by atoms with Crippen molar-refractivity contribution < 1.29 is 0 Å². The van der Waals surface area contributed by atoms with Gasteiger partial charge in [0.25, 0.3) is 0 Å². The highest BCUT2D eigenvalue weighted by atomic mass is 15.3. The number of fused-ring (bicyclic) bond motifs is 1. The Morgan fingerprint density at radius 1 is 1.06 bits per heavy atom. The quantitative estimate of drug-likeness (QED) is 0.502. The van der Waals surface area contributed by atoms with Gasteiger partial charge < -0.3 is 19.7 Å². The molecule has 4 aromatic rings. The number of imidazole rings is 1. The van der Waals surface area contributed by atoms with Gasteiger partial charge in [-0.1, -0.05) is 24.8 Å². The summed E-state index contributed by atoms with van der Waals surface area (Å²) in [6.45, 7) is 5.90. The van der Waals surface area contributed by atoms with Gasteiger partial charge in [0.15, 0.2) is 0 Å². The maximum Gasteiger partial charge on any atom is 0.129 e. The van der Waals surface area contributed by atoms with Crippen molar-refractivity contribution >= 4 is 28.5 Å². The molecular weight excluding hydrogens is 410 g/mol. The molecule has 5 rings (SSSR count). The summed E-state index contributed by atoms with van der Waals surface area (Å²) in [6, 6.07) is 13.1. The number of likely N-dealkylation sites (N-methyl/N-ethyl adjacent to an activating group) is 1. The molecule has 1 fully saturated rings. The average molecular weight is 442 g/mol. The van der Waals surface area contributed by atoms with E-state index in [4.69, 9.17) is 0 Å². The van der Waals surface area contributed by atoms with Crippen LogP contribution in [-0.2, 0) is 7.05 Å². The normalized spacial score (nSPS) is 13.4. The van der Waals surface area contributed by atoms with E-state index in [1.807, 2.05) is 55.7 Å². The van der Waals surface area contributed by atoms with Gasteiger partial charge in [-0.05, 0) is 49.3 Å². The molecule has 0 atom stereocenters. The molecule has 1 aromatic carbocycles. The van der Waals surface area contributed by atoms with Crippen LogP contribution in [0.1, 0.15) is 5.56 Å². The van der Waals surface area contributed by atoms with Crippen LogP contribution in [0.3, 0.4) is 0 Å². The number of hydrogen-bond donors (Lipinski definition) is 1. The number of nitrogens with one attached hydrogen (secondary N) is 1. The van der Waals surface area contributed by atoms with Gasteiger partial charge in [0.2, 0.25) is 0 Å². The van der Waals surface area contributed by atoms with Gasteiger partial charge >= 0.3 is 0 Å². The molecule has 7 nitrogen and oxygen atoms in total. The fourth-order valence-electron chi connectivity index (χ4n) is 3.78. The molecule has 0 radical (unpaired) electrons. The minimum Gasteiger partial charge on any atom is -0.373 e. The Kier molecular flexibility index (Phi) is 6.70. The molecule has 0 saturated carbocycles. The van der Waals surface area contributed by atoms with Crippen LogP contribution < -0.4 is 10.2 Å². The minimum atomic E-state index is 0.666. The van der Waals surface area contributed by atoms with Gasteiger partial charge in [-0.2, -0.15) is 0 Å². The maximum atomic E-state index is 4.36. The summed E-state index contributed by atoms with van der Waals surface area (Å²) in [6.07, 6.45) is 9.27. The standard InChI is InChI=1S/C14H14N4.C12H17N3/c1-15-14-6-12-5-10(3-4-11(12)7-17-14)13-8-16-9-18(13)2;1-4-10-5-6-13-12(7-10)15-8-11(9-15)14(2)3/h3-9H,1-2H3,(H,15,17);4-7,11H,1,8-9H2,2-3H3. The van der Waals surface area contributed by atoms with Crippen molar-refractivity contribution in [3.63, 3.8) is 0 Å².